The Morgan fingerprint density at radius 3 is 2.83 bits per heavy atom. The van der Waals surface area contributed by atoms with E-state index in [1.165, 1.54) is 13.0 Å². The highest BCUT2D eigenvalue weighted by atomic mass is 14.9. The third-order valence-electron chi connectivity index (χ3n) is 1.15. The minimum absolute atomic E-state index is 0.810. The quantitative estimate of drug-likeness (QED) is 0.457. The second-order valence-corrected chi connectivity index (χ2v) is 1.89. The molecule has 1 N–H and O–H groups in total. The SMILES string of the molecule is CC1[CH]NCC1. The third-order valence-corrected chi connectivity index (χ3v) is 1.15. The van der Waals surface area contributed by atoms with Crippen LogP contribution in [0.15, 0.2) is 0 Å². The van der Waals surface area contributed by atoms with Crippen molar-refractivity contribution in [1.82, 2.24) is 5.32 Å². The van der Waals surface area contributed by atoms with Crippen LogP contribution in [0.3, 0.4) is 0 Å². The molecule has 1 unspecified atom stereocenters. The maximum atomic E-state index is 3.15. The molecule has 35 valence electrons. The number of hydrogen-bond acceptors (Lipinski definition) is 1. The van der Waals surface area contributed by atoms with Crippen LogP contribution in [0.4, 0.5) is 0 Å². The fraction of sp³-hybridized carbons (Fsp3) is 0.800. The Bertz CT molecular complexity index is 37.2. The molecular weight excluding hydrogens is 74.1 g/mol. The van der Waals surface area contributed by atoms with Crippen LogP contribution < -0.4 is 5.32 Å². The van der Waals surface area contributed by atoms with E-state index in [-0.39, 0.29) is 0 Å². The van der Waals surface area contributed by atoms with Crippen LogP contribution in [-0.4, -0.2) is 6.54 Å². The summed E-state index contributed by atoms with van der Waals surface area (Å²) in [7, 11) is 0. The monoisotopic (exact) mass is 84.1 g/mol. The van der Waals surface area contributed by atoms with Crippen molar-refractivity contribution in [2.24, 2.45) is 5.92 Å². The summed E-state index contributed by atoms with van der Waals surface area (Å²) in [4.78, 5) is 0. The molecular formula is C5H10N. The molecule has 1 heteroatoms. The van der Waals surface area contributed by atoms with Gasteiger partial charge in [0.25, 0.3) is 0 Å². The Labute approximate surface area is 38.7 Å². The topological polar surface area (TPSA) is 12.0 Å². The van der Waals surface area contributed by atoms with Gasteiger partial charge in [0.2, 0.25) is 0 Å². The fourth-order valence-electron chi connectivity index (χ4n) is 0.679. The van der Waals surface area contributed by atoms with Gasteiger partial charge in [-0.1, -0.05) is 6.92 Å². The van der Waals surface area contributed by atoms with E-state index < -0.39 is 0 Å². The van der Waals surface area contributed by atoms with E-state index in [0.717, 1.165) is 5.92 Å². The standard InChI is InChI=1S/C5H10N/c1-5-2-3-6-4-5/h4-6H,2-3H2,1H3. The van der Waals surface area contributed by atoms with E-state index in [1.54, 1.807) is 0 Å². The molecule has 0 bridgehead atoms. The molecule has 0 saturated carbocycles. The second kappa shape index (κ2) is 1.61. The van der Waals surface area contributed by atoms with E-state index in [4.69, 9.17) is 0 Å². The molecule has 1 radical (unpaired) electrons. The van der Waals surface area contributed by atoms with Crippen molar-refractivity contribution in [3.05, 3.63) is 6.54 Å². The van der Waals surface area contributed by atoms with Gasteiger partial charge in [0.15, 0.2) is 0 Å². The Morgan fingerprint density at radius 2 is 2.67 bits per heavy atom. The Morgan fingerprint density at radius 1 is 1.83 bits per heavy atom. The van der Waals surface area contributed by atoms with Gasteiger partial charge in [0.05, 0.1) is 0 Å². The number of hydrogen-bond donors (Lipinski definition) is 1. The third kappa shape index (κ3) is 0.716. The molecule has 0 aromatic carbocycles. The summed E-state index contributed by atoms with van der Waals surface area (Å²) < 4.78 is 0. The minimum atomic E-state index is 0.810. The highest BCUT2D eigenvalue weighted by Gasteiger charge is 2.06. The summed E-state index contributed by atoms with van der Waals surface area (Å²) in [5.74, 6) is 0.810. The molecule has 1 heterocycles. The molecule has 0 aromatic rings. The maximum absolute atomic E-state index is 3.15. The lowest BCUT2D eigenvalue weighted by Gasteiger charge is -1.89. The van der Waals surface area contributed by atoms with E-state index in [9.17, 15) is 0 Å². The summed E-state index contributed by atoms with van der Waals surface area (Å²) >= 11 is 0. The fourth-order valence-corrected chi connectivity index (χ4v) is 0.679. The molecule has 0 spiro atoms. The number of rotatable bonds is 0. The molecule has 1 aliphatic heterocycles. The highest BCUT2D eigenvalue weighted by molar-refractivity contribution is 4.77. The molecule has 1 saturated heterocycles. The van der Waals surface area contributed by atoms with Crippen molar-refractivity contribution < 1.29 is 0 Å². The summed E-state index contributed by atoms with van der Waals surface area (Å²) in [5.41, 5.74) is 0. The Balaban J connectivity index is 2.18. The highest BCUT2D eigenvalue weighted by Crippen LogP contribution is 2.07. The molecule has 0 aromatic heterocycles. The lowest BCUT2D eigenvalue weighted by Crippen LogP contribution is -1.99. The van der Waals surface area contributed by atoms with Crippen LogP contribution in [0.1, 0.15) is 13.3 Å². The smallest absolute Gasteiger partial charge is 0.0249 e. The van der Waals surface area contributed by atoms with Crippen molar-refractivity contribution in [3.63, 3.8) is 0 Å². The van der Waals surface area contributed by atoms with Crippen LogP contribution in [0, 0.1) is 12.5 Å². The first-order chi connectivity index (χ1) is 2.89. The van der Waals surface area contributed by atoms with E-state index in [2.05, 4.69) is 18.8 Å². The molecule has 1 aliphatic rings. The predicted octanol–water partition coefficient (Wildman–Crippen LogP) is 0.778. The number of nitrogens with one attached hydrogen (secondary N) is 1. The van der Waals surface area contributed by atoms with Gasteiger partial charge in [-0.05, 0) is 18.9 Å². The summed E-state index contributed by atoms with van der Waals surface area (Å²) in [5, 5.41) is 3.15. The van der Waals surface area contributed by atoms with Crippen molar-refractivity contribution in [2.75, 3.05) is 6.54 Å². The first-order valence-corrected chi connectivity index (χ1v) is 2.46. The van der Waals surface area contributed by atoms with Crippen LogP contribution in [0.5, 0.6) is 0 Å². The van der Waals surface area contributed by atoms with Gasteiger partial charge >= 0.3 is 0 Å². The van der Waals surface area contributed by atoms with Gasteiger partial charge in [-0.2, -0.15) is 0 Å². The zero-order chi connectivity index (χ0) is 4.41. The van der Waals surface area contributed by atoms with E-state index in [1.807, 2.05) is 0 Å². The van der Waals surface area contributed by atoms with Crippen molar-refractivity contribution in [1.29, 1.82) is 0 Å². The van der Waals surface area contributed by atoms with Gasteiger partial charge in [-0.3, -0.25) is 0 Å². The minimum Gasteiger partial charge on any atom is -0.312 e. The largest absolute Gasteiger partial charge is 0.312 e. The summed E-state index contributed by atoms with van der Waals surface area (Å²) in [6, 6.07) is 0. The normalized spacial score (nSPS) is 34.5. The van der Waals surface area contributed by atoms with Crippen molar-refractivity contribution in [2.45, 2.75) is 13.3 Å². The van der Waals surface area contributed by atoms with E-state index in [0.29, 0.717) is 0 Å². The van der Waals surface area contributed by atoms with Crippen LogP contribution >= 0.6 is 0 Å². The van der Waals surface area contributed by atoms with E-state index >= 15 is 0 Å². The summed E-state index contributed by atoms with van der Waals surface area (Å²) in [6.07, 6.45) is 1.32. The maximum Gasteiger partial charge on any atom is 0.0249 e. The Kier molecular flexibility index (Phi) is 1.10. The molecule has 1 rings (SSSR count). The molecule has 1 nitrogen and oxygen atoms in total. The van der Waals surface area contributed by atoms with Gasteiger partial charge < -0.3 is 5.32 Å². The van der Waals surface area contributed by atoms with Crippen molar-refractivity contribution >= 4 is 0 Å². The van der Waals surface area contributed by atoms with Crippen LogP contribution in [-0.2, 0) is 0 Å². The van der Waals surface area contributed by atoms with Gasteiger partial charge in [0.1, 0.15) is 0 Å². The lowest BCUT2D eigenvalue weighted by molar-refractivity contribution is 0.712. The molecule has 0 aliphatic carbocycles. The lowest BCUT2D eigenvalue weighted by atomic mass is 10.2. The van der Waals surface area contributed by atoms with Crippen LogP contribution in [0.2, 0.25) is 0 Å². The van der Waals surface area contributed by atoms with Gasteiger partial charge in [-0.25, -0.2) is 0 Å². The zero-order valence-electron chi connectivity index (χ0n) is 4.07. The van der Waals surface area contributed by atoms with Gasteiger partial charge in [-0.15, -0.1) is 0 Å². The zero-order valence-corrected chi connectivity index (χ0v) is 4.07. The predicted molar refractivity (Wildman–Crippen MR) is 26.1 cm³/mol. The van der Waals surface area contributed by atoms with Crippen LogP contribution in [0.25, 0.3) is 0 Å². The summed E-state index contributed by atoms with van der Waals surface area (Å²) in [6.45, 7) is 5.56. The molecule has 0 amide bonds. The molecule has 1 fully saturated rings. The first-order valence-electron chi connectivity index (χ1n) is 2.46. The van der Waals surface area contributed by atoms with Crippen molar-refractivity contribution in [3.8, 4) is 0 Å². The molecule has 6 heavy (non-hydrogen) atoms. The Hall–Kier alpha value is -0.0400. The van der Waals surface area contributed by atoms with Gasteiger partial charge in [0, 0.05) is 6.54 Å². The first kappa shape index (κ1) is 4.13. The second-order valence-electron chi connectivity index (χ2n) is 1.89. The molecule has 1 atom stereocenters. The average Bonchev–Trinajstić information content (AvgIpc) is 1.86. The average molecular weight is 84.1 g/mol.